The van der Waals surface area contributed by atoms with Gasteiger partial charge in [-0.1, -0.05) is 6.07 Å². The van der Waals surface area contributed by atoms with Crippen LogP contribution in [0.3, 0.4) is 0 Å². The summed E-state index contributed by atoms with van der Waals surface area (Å²) in [4.78, 5) is 17.7. The molecular formula is C14H12BrFN2O. The van der Waals surface area contributed by atoms with Crippen LogP contribution in [0, 0.1) is 5.82 Å². The van der Waals surface area contributed by atoms with Crippen molar-refractivity contribution in [2.24, 2.45) is 0 Å². The minimum absolute atomic E-state index is 0.196. The van der Waals surface area contributed by atoms with Gasteiger partial charge >= 0.3 is 0 Å². The molecule has 5 heteroatoms. The Hall–Kier alpha value is -1.75. The Labute approximate surface area is 119 Å². The van der Waals surface area contributed by atoms with Crippen molar-refractivity contribution in [3.05, 3.63) is 64.1 Å². The maximum atomic E-state index is 13.4. The van der Waals surface area contributed by atoms with Crippen LogP contribution in [-0.2, 0) is 6.54 Å². The first kappa shape index (κ1) is 13.7. The number of rotatable bonds is 3. The van der Waals surface area contributed by atoms with Gasteiger partial charge in [0.1, 0.15) is 5.82 Å². The molecular weight excluding hydrogens is 311 g/mol. The van der Waals surface area contributed by atoms with Gasteiger partial charge in [-0.3, -0.25) is 9.78 Å². The fourth-order valence-electron chi connectivity index (χ4n) is 1.71. The van der Waals surface area contributed by atoms with Crippen molar-refractivity contribution in [1.82, 2.24) is 9.88 Å². The molecule has 2 aromatic rings. The predicted molar refractivity (Wildman–Crippen MR) is 74.1 cm³/mol. The lowest BCUT2D eigenvalue weighted by molar-refractivity contribution is 0.0783. The zero-order chi connectivity index (χ0) is 13.8. The van der Waals surface area contributed by atoms with Gasteiger partial charge in [-0.05, 0) is 45.8 Å². The number of carbonyl (C=O) groups excluding carboxylic acids is 1. The number of hydrogen-bond donors (Lipinski definition) is 0. The number of aromatic nitrogens is 1. The molecule has 19 heavy (non-hydrogen) atoms. The van der Waals surface area contributed by atoms with Crippen molar-refractivity contribution < 1.29 is 9.18 Å². The number of halogens is 2. The minimum atomic E-state index is -0.442. The Balaban J connectivity index is 2.18. The molecule has 1 aromatic carbocycles. The normalized spacial score (nSPS) is 10.3. The minimum Gasteiger partial charge on any atom is -0.337 e. The van der Waals surface area contributed by atoms with Gasteiger partial charge < -0.3 is 4.90 Å². The van der Waals surface area contributed by atoms with Crippen LogP contribution < -0.4 is 0 Å². The van der Waals surface area contributed by atoms with Crippen molar-refractivity contribution in [3.8, 4) is 0 Å². The molecule has 1 amide bonds. The lowest BCUT2D eigenvalue weighted by Gasteiger charge is -2.18. The quantitative estimate of drug-likeness (QED) is 0.869. The van der Waals surface area contributed by atoms with Gasteiger partial charge in [-0.25, -0.2) is 4.39 Å². The number of carbonyl (C=O) groups is 1. The van der Waals surface area contributed by atoms with Gasteiger partial charge in [0.25, 0.3) is 5.91 Å². The Bertz CT molecular complexity index is 589. The van der Waals surface area contributed by atoms with E-state index in [1.165, 1.54) is 17.0 Å². The largest absolute Gasteiger partial charge is 0.337 e. The Morgan fingerprint density at radius 2 is 2.00 bits per heavy atom. The average Bonchev–Trinajstić information content (AvgIpc) is 2.42. The zero-order valence-corrected chi connectivity index (χ0v) is 11.9. The topological polar surface area (TPSA) is 33.2 Å². The highest BCUT2D eigenvalue weighted by atomic mass is 79.9. The first-order chi connectivity index (χ1) is 9.09. The molecule has 0 atom stereocenters. The smallest absolute Gasteiger partial charge is 0.255 e. The molecule has 0 N–H and O–H groups in total. The molecule has 1 heterocycles. The van der Waals surface area contributed by atoms with E-state index in [-0.39, 0.29) is 10.4 Å². The fourth-order valence-corrected chi connectivity index (χ4v) is 2.14. The van der Waals surface area contributed by atoms with Crippen LogP contribution in [0.4, 0.5) is 4.39 Å². The van der Waals surface area contributed by atoms with Crippen molar-refractivity contribution in [1.29, 1.82) is 0 Å². The molecule has 0 radical (unpaired) electrons. The highest BCUT2D eigenvalue weighted by molar-refractivity contribution is 9.10. The predicted octanol–water partition coefficient (Wildman–Crippen LogP) is 3.26. The molecule has 3 nitrogen and oxygen atoms in total. The van der Waals surface area contributed by atoms with Crippen molar-refractivity contribution in [2.75, 3.05) is 7.05 Å². The van der Waals surface area contributed by atoms with Gasteiger partial charge in [0, 0.05) is 26.0 Å². The standard InChI is InChI=1S/C14H12BrFN2O/c1-18(9-10-5-7-17-8-6-10)14(19)11-3-2-4-12(16)13(11)15/h2-8H,9H2,1H3. The summed E-state index contributed by atoms with van der Waals surface area (Å²) < 4.78 is 13.6. The van der Waals surface area contributed by atoms with E-state index >= 15 is 0 Å². The zero-order valence-electron chi connectivity index (χ0n) is 10.3. The second-order valence-corrected chi connectivity index (χ2v) is 4.91. The lowest BCUT2D eigenvalue weighted by Crippen LogP contribution is -2.26. The molecule has 0 saturated heterocycles. The average molecular weight is 323 g/mol. The SMILES string of the molecule is CN(Cc1ccncc1)C(=O)c1cccc(F)c1Br. The summed E-state index contributed by atoms with van der Waals surface area (Å²) in [6.07, 6.45) is 3.34. The summed E-state index contributed by atoms with van der Waals surface area (Å²) in [5, 5.41) is 0. The molecule has 0 bridgehead atoms. The first-order valence-corrected chi connectivity index (χ1v) is 6.47. The second-order valence-electron chi connectivity index (χ2n) is 4.12. The summed E-state index contributed by atoms with van der Waals surface area (Å²) in [6.45, 7) is 0.449. The Kier molecular flexibility index (Phi) is 4.27. The van der Waals surface area contributed by atoms with E-state index < -0.39 is 5.82 Å². The maximum Gasteiger partial charge on any atom is 0.255 e. The molecule has 0 aliphatic heterocycles. The molecule has 0 aliphatic carbocycles. The van der Waals surface area contributed by atoms with Gasteiger partial charge in [-0.2, -0.15) is 0 Å². The molecule has 1 aromatic heterocycles. The van der Waals surface area contributed by atoms with Crippen molar-refractivity contribution in [3.63, 3.8) is 0 Å². The summed E-state index contributed by atoms with van der Waals surface area (Å²) >= 11 is 3.10. The van der Waals surface area contributed by atoms with Gasteiger partial charge in [0.05, 0.1) is 10.0 Å². The number of hydrogen-bond acceptors (Lipinski definition) is 2. The number of amides is 1. The Morgan fingerprint density at radius 1 is 1.32 bits per heavy atom. The maximum absolute atomic E-state index is 13.4. The van der Waals surface area contributed by atoms with Crippen molar-refractivity contribution in [2.45, 2.75) is 6.54 Å². The third kappa shape index (κ3) is 3.17. The number of nitrogens with zero attached hydrogens (tertiary/aromatic N) is 2. The monoisotopic (exact) mass is 322 g/mol. The van der Waals surface area contributed by atoms with E-state index in [1.807, 2.05) is 12.1 Å². The highest BCUT2D eigenvalue weighted by Crippen LogP contribution is 2.22. The first-order valence-electron chi connectivity index (χ1n) is 5.68. The van der Waals surface area contributed by atoms with E-state index in [0.29, 0.717) is 12.1 Å². The van der Waals surface area contributed by atoms with Crippen LogP contribution >= 0.6 is 15.9 Å². The lowest BCUT2D eigenvalue weighted by atomic mass is 10.2. The highest BCUT2D eigenvalue weighted by Gasteiger charge is 2.17. The van der Waals surface area contributed by atoms with Gasteiger partial charge in [0.15, 0.2) is 0 Å². The summed E-state index contributed by atoms with van der Waals surface area (Å²) in [6, 6.07) is 8.10. The van der Waals surface area contributed by atoms with Gasteiger partial charge in [0.2, 0.25) is 0 Å². The Morgan fingerprint density at radius 3 is 2.68 bits per heavy atom. The van der Waals surface area contributed by atoms with Gasteiger partial charge in [-0.15, -0.1) is 0 Å². The summed E-state index contributed by atoms with van der Waals surface area (Å²) in [7, 11) is 1.68. The van der Waals surface area contributed by atoms with Crippen molar-refractivity contribution >= 4 is 21.8 Å². The number of pyridine rings is 1. The molecule has 0 aliphatic rings. The summed E-state index contributed by atoms with van der Waals surface area (Å²) in [5.74, 6) is -0.675. The molecule has 2 rings (SSSR count). The van der Waals surface area contributed by atoms with E-state index in [4.69, 9.17) is 0 Å². The van der Waals surface area contributed by atoms with Crippen LogP contribution in [0.15, 0.2) is 47.2 Å². The molecule has 0 saturated carbocycles. The van der Waals surface area contributed by atoms with Crippen LogP contribution in [0.2, 0.25) is 0 Å². The number of benzene rings is 1. The second kappa shape index (κ2) is 5.93. The third-order valence-electron chi connectivity index (χ3n) is 2.70. The molecule has 0 spiro atoms. The van der Waals surface area contributed by atoms with E-state index in [1.54, 1.807) is 25.5 Å². The summed E-state index contributed by atoms with van der Waals surface area (Å²) in [5.41, 5.74) is 1.29. The van der Waals surface area contributed by atoms with Crippen LogP contribution in [-0.4, -0.2) is 22.8 Å². The van der Waals surface area contributed by atoms with Crippen LogP contribution in [0.1, 0.15) is 15.9 Å². The van der Waals surface area contributed by atoms with E-state index in [9.17, 15) is 9.18 Å². The van der Waals surface area contributed by atoms with Crippen LogP contribution in [0.5, 0.6) is 0 Å². The van der Waals surface area contributed by atoms with E-state index in [0.717, 1.165) is 5.56 Å². The van der Waals surface area contributed by atoms with E-state index in [2.05, 4.69) is 20.9 Å². The molecule has 0 unspecified atom stereocenters. The van der Waals surface area contributed by atoms with Crippen LogP contribution in [0.25, 0.3) is 0 Å². The molecule has 0 fully saturated rings. The third-order valence-corrected chi connectivity index (χ3v) is 3.50. The molecule has 98 valence electrons. The fraction of sp³-hybridized carbons (Fsp3) is 0.143.